The topological polar surface area (TPSA) is 53.9 Å². The second-order valence-corrected chi connectivity index (χ2v) is 6.84. The Morgan fingerprint density at radius 2 is 1.71 bits per heavy atom. The smallest absolute Gasteiger partial charge is 0.378 e. The maximum Gasteiger partial charge on any atom is 0.406 e. The summed E-state index contributed by atoms with van der Waals surface area (Å²) in [5.41, 5.74) is 2.53. The Balaban J connectivity index is 1.96. The van der Waals surface area contributed by atoms with Crippen LogP contribution in [0, 0.1) is 0 Å². The van der Waals surface area contributed by atoms with Crippen molar-refractivity contribution in [1.82, 2.24) is 14.8 Å². The summed E-state index contributed by atoms with van der Waals surface area (Å²) in [5, 5.41) is 7.21. The van der Waals surface area contributed by atoms with Gasteiger partial charge in [-0.05, 0) is 29.3 Å². The number of nitrogens with zero attached hydrogens (tertiary/aromatic N) is 3. The molecule has 0 bridgehead atoms. The maximum absolute atomic E-state index is 13.1. The Hall–Kier alpha value is -3.29. The van der Waals surface area contributed by atoms with Crippen LogP contribution in [-0.4, -0.2) is 35.0 Å². The molecule has 28 heavy (non-hydrogen) atoms. The van der Waals surface area contributed by atoms with Gasteiger partial charge in [0, 0.05) is 25.2 Å². The molecule has 2 aromatic heterocycles. The summed E-state index contributed by atoms with van der Waals surface area (Å²) < 4.78 is 40.2. The van der Waals surface area contributed by atoms with Crippen LogP contribution in [0.2, 0.25) is 0 Å². The zero-order valence-corrected chi connectivity index (χ0v) is 15.2. The van der Waals surface area contributed by atoms with E-state index in [1.54, 1.807) is 12.1 Å². The van der Waals surface area contributed by atoms with E-state index in [-0.39, 0.29) is 10.9 Å². The fraction of sp³-hybridized carbons (Fsp3) is 0.200. The van der Waals surface area contributed by atoms with E-state index in [9.17, 15) is 18.0 Å². The Morgan fingerprint density at radius 3 is 2.36 bits per heavy atom. The number of rotatable bonds is 3. The van der Waals surface area contributed by atoms with Crippen molar-refractivity contribution >= 4 is 27.5 Å². The first-order valence-electron chi connectivity index (χ1n) is 8.59. The van der Waals surface area contributed by atoms with Crippen molar-refractivity contribution in [2.24, 2.45) is 0 Å². The van der Waals surface area contributed by atoms with Crippen molar-refractivity contribution in [3.05, 3.63) is 59.0 Å². The van der Waals surface area contributed by atoms with Crippen molar-refractivity contribution in [3.8, 4) is 11.1 Å². The van der Waals surface area contributed by atoms with Crippen molar-refractivity contribution in [2.75, 3.05) is 19.0 Å². The number of benzene rings is 2. The highest BCUT2D eigenvalue weighted by atomic mass is 19.4. The molecule has 4 rings (SSSR count). The number of hydrogen-bond acceptors (Lipinski definition) is 3. The second-order valence-electron chi connectivity index (χ2n) is 6.84. The van der Waals surface area contributed by atoms with Gasteiger partial charge in [0.1, 0.15) is 6.54 Å². The summed E-state index contributed by atoms with van der Waals surface area (Å²) in [7, 11) is 3.85. The van der Waals surface area contributed by atoms with Gasteiger partial charge in [-0.25, -0.2) is 0 Å². The number of nitrogens with one attached hydrogen (secondary N) is 1. The molecule has 0 atom stereocenters. The molecule has 2 aromatic carbocycles. The maximum atomic E-state index is 13.1. The molecular formula is C20H17F3N4O. The third kappa shape index (κ3) is 3.11. The number of alkyl halides is 3. The van der Waals surface area contributed by atoms with Crippen LogP contribution in [0.15, 0.2) is 53.5 Å². The van der Waals surface area contributed by atoms with Crippen LogP contribution < -0.4 is 10.5 Å². The lowest BCUT2D eigenvalue weighted by Crippen LogP contribution is -2.28. The lowest BCUT2D eigenvalue weighted by atomic mass is 10.0. The molecular weight excluding hydrogens is 369 g/mol. The van der Waals surface area contributed by atoms with Gasteiger partial charge in [-0.1, -0.05) is 24.3 Å². The minimum Gasteiger partial charge on any atom is -0.378 e. The first-order valence-corrected chi connectivity index (χ1v) is 8.59. The van der Waals surface area contributed by atoms with Crippen LogP contribution >= 0.6 is 0 Å². The number of halogens is 3. The summed E-state index contributed by atoms with van der Waals surface area (Å²) in [6.07, 6.45) is -3.25. The highest BCUT2D eigenvalue weighted by Gasteiger charge is 2.30. The van der Waals surface area contributed by atoms with Crippen molar-refractivity contribution in [3.63, 3.8) is 0 Å². The predicted octanol–water partition coefficient (Wildman–Crippen LogP) is 4.17. The van der Waals surface area contributed by atoms with E-state index < -0.39 is 18.3 Å². The number of aromatic nitrogens is 3. The zero-order valence-electron chi connectivity index (χ0n) is 15.2. The number of anilines is 1. The summed E-state index contributed by atoms with van der Waals surface area (Å²) in [6.45, 7) is -1.35. The van der Waals surface area contributed by atoms with Gasteiger partial charge in [-0.15, -0.1) is 0 Å². The molecule has 0 unspecified atom stereocenters. The highest BCUT2D eigenvalue weighted by molar-refractivity contribution is 6.04. The molecule has 5 nitrogen and oxygen atoms in total. The normalized spacial score (nSPS) is 12.0. The number of pyridine rings is 1. The molecule has 0 amide bonds. The van der Waals surface area contributed by atoms with Gasteiger partial charge in [-0.2, -0.15) is 18.3 Å². The lowest BCUT2D eigenvalue weighted by Gasteiger charge is -2.15. The van der Waals surface area contributed by atoms with Crippen LogP contribution in [0.3, 0.4) is 0 Å². The van der Waals surface area contributed by atoms with E-state index in [0.29, 0.717) is 10.9 Å². The molecule has 144 valence electrons. The van der Waals surface area contributed by atoms with Gasteiger partial charge in [-0.3, -0.25) is 14.5 Å². The largest absolute Gasteiger partial charge is 0.406 e. The van der Waals surface area contributed by atoms with E-state index in [2.05, 4.69) is 10.2 Å². The van der Waals surface area contributed by atoms with E-state index >= 15 is 0 Å². The Kier molecular flexibility index (Phi) is 4.14. The molecule has 8 heteroatoms. The van der Waals surface area contributed by atoms with Crippen LogP contribution in [0.25, 0.3) is 32.9 Å². The summed E-state index contributed by atoms with van der Waals surface area (Å²) in [6, 6.07) is 12.8. The summed E-state index contributed by atoms with van der Waals surface area (Å²) >= 11 is 0. The first kappa shape index (κ1) is 18.1. The highest BCUT2D eigenvalue weighted by Crippen LogP contribution is 2.29. The fourth-order valence-electron chi connectivity index (χ4n) is 3.34. The van der Waals surface area contributed by atoms with Crippen LogP contribution in [0.5, 0.6) is 0 Å². The molecule has 0 radical (unpaired) electrons. The third-order valence-corrected chi connectivity index (χ3v) is 4.73. The number of fused-ring (bicyclic) bond motifs is 3. The molecule has 0 aliphatic rings. The minimum atomic E-state index is -4.52. The third-order valence-electron chi connectivity index (χ3n) is 4.73. The first-order chi connectivity index (χ1) is 13.2. The minimum absolute atomic E-state index is 0.139. The summed E-state index contributed by atoms with van der Waals surface area (Å²) in [4.78, 5) is 14.6. The van der Waals surface area contributed by atoms with Gasteiger partial charge in [0.2, 0.25) is 0 Å². The number of aromatic amines is 1. The van der Waals surface area contributed by atoms with E-state index in [0.717, 1.165) is 21.4 Å². The molecule has 0 aliphatic heterocycles. The van der Waals surface area contributed by atoms with Gasteiger partial charge in [0.25, 0.3) is 5.56 Å². The quantitative estimate of drug-likeness (QED) is 0.575. The Bertz CT molecular complexity index is 1220. The molecule has 0 aliphatic carbocycles. The van der Waals surface area contributed by atoms with Crippen molar-refractivity contribution in [1.29, 1.82) is 0 Å². The molecule has 0 spiro atoms. The molecule has 0 saturated heterocycles. The molecule has 4 aromatic rings. The fourth-order valence-corrected chi connectivity index (χ4v) is 3.34. The molecule has 0 fully saturated rings. The van der Waals surface area contributed by atoms with Crippen LogP contribution in [0.1, 0.15) is 0 Å². The van der Waals surface area contributed by atoms with Crippen LogP contribution in [0.4, 0.5) is 18.9 Å². The van der Waals surface area contributed by atoms with Crippen LogP contribution in [-0.2, 0) is 6.54 Å². The van der Waals surface area contributed by atoms with Gasteiger partial charge in [0.05, 0.1) is 22.6 Å². The van der Waals surface area contributed by atoms with E-state index in [1.807, 2.05) is 49.3 Å². The molecule has 0 saturated carbocycles. The lowest BCUT2D eigenvalue weighted by molar-refractivity contribution is -0.140. The Labute approximate surface area is 158 Å². The van der Waals surface area contributed by atoms with E-state index in [1.165, 1.54) is 6.20 Å². The molecule has 2 heterocycles. The van der Waals surface area contributed by atoms with E-state index in [4.69, 9.17) is 0 Å². The SMILES string of the molecule is CN(C)c1ccc(-c2ccc3c4[nH]ncc4c(=O)n(CC(F)(F)F)c3c2)cc1. The van der Waals surface area contributed by atoms with Crippen molar-refractivity contribution < 1.29 is 13.2 Å². The monoisotopic (exact) mass is 386 g/mol. The second kappa shape index (κ2) is 6.40. The zero-order chi connectivity index (χ0) is 20.1. The average molecular weight is 386 g/mol. The van der Waals surface area contributed by atoms with Gasteiger partial charge in [0.15, 0.2) is 0 Å². The number of hydrogen-bond donors (Lipinski definition) is 1. The van der Waals surface area contributed by atoms with Crippen molar-refractivity contribution in [2.45, 2.75) is 12.7 Å². The predicted molar refractivity (Wildman–Crippen MR) is 104 cm³/mol. The summed E-state index contributed by atoms with van der Waals surface area (Å²) in [5.74, 6) is 0. The average Bonchev–Trinajstić information content (AvgIpc) is 3.14. The Morgan fingerprint density at radius 1 is 1.04 bits per heavy atom. The standard InChI is InChI=1S/C20H17F3N4O/c1-26(2)14-6-3-12(4-7-14)13-5-8-15-17(9-13)27(11-20(21,22)23)19(28)16-10-24-25-18(15)16/h3-10H,11H2,1-2H3,(H,24,25). The van der Waals surface area contributed by atoms with Gasteiger partial charge >= 0.3 is 6.18 Å². The molecule has 1 N–H and O–H groups in total. The number of H-pyrrole nitrogens is 1. The van der Waals surface area contributed by atoms with Gasteiger partial charge < -0.3 is 4.90 Å².